The van der Waals surface area contributed by atoms with Crippen LogP contribution in [-0.4, -0.2) is 28.3 Å². The molecule has 0 amide bonds. The number of nitrogens with zero attached hydrogens (tertiary/aromatic N) is 2. The molecule has 0 saturated heterocycles. The third kappa shape index (κ3) is 4.32. The molecule has 3 aromatic carbocycles. The van der Waals surface area contributed by atoms with Gasteiger partial charge in [0, 0.05) is 17.7 Å². The average molecular weight is 541 g/mol. The Morgan fingerprint density at radius 2 is 1.84 bits per heavy atom. The monoisotopic (exact) mass is 540 g/mol. The molecule has 0 aliphatic carbocycles. The quantitative estimate of drug-likeness (QED) is 0.175. The van der Waals surface area contributed by atoms with Crippen LogP contribution >= 0.6 is 11.8 Å². The van der Waals surface area contributed by atoms with E-state index >= 15 is 0 Å². The van der Waals surface area contributed by atoms with Crippen LogP contribution in [0.5, 0.6) is 0 Å². The number of hydrogen-bond acceptors (Lipinski definition) is 6. The number of esters is 1. The highest BCUT2D eigenvalue weighted by Crippen LogP contribution is 2.45. The van der Waals surface area contributed by atoms with E-state index < -0.39 is 39.9 Å². The number of hydrogen-bond donors (Lipinski definition) is 0. The lowest BCUT2D eigenvalue weighted by Gasteiger charge is -2.19. The largest absolute Gasteiger partial charge is 0.467 e. The van der Waals surface area contributed by atoms with Crippen LogP contribution in [-0.2, 0) is 22.1 Å². The number of fused-ring (bicyclic) bond motifs is 2. The molecule has 0 N–H and O–H groups in total. The summed E-state index contributed by atoms with van der Waals surface area (Å²) in [6.07, 6.45) is -4.75. The van der Waals surface area contributed by atoms with Crippen LogP contribution in [0.2, 0.25) is 0 Å². The Bertz CT molecular complexity index is 1660. The lowest BCUT2D eigenvalue weighted by molar-refractivity contribution is -0.387. The van der Waals surface area contributed by atoms with E-state index in [1.165, 1.54) is 12.1 Å². The van der Waals surface area contributed by atoms with Crippen LogP contribution in [0.4, 0.5) is 18.9 Å². The number of thioether (sulfide) groups is 1. The van der Waals surface area contributed by atoms with Gasteiger partial charge in [0.25, 0.3) is 0 Å². The Hall–Kier alpha value is -4.12. The third-order valence-corrected chi connectivity index (χ3v) is 7.67. The van der Waals surface area contributed by atoms with Gasteiger partial charge in [-0.05, 0) is 34.0 Å². The van der Waals surface area contributed by atoms with Crippen molar-refractivity contribution in [3.05, 3.63) is 104 Å². The van der Waals surface area contributed by atoms with Crippen LogP contribution in [0, 0.1) is 10.1 Å². The molecule has 7 nitrogen and oxygen atoms in total. The minimum atomic E-state index is -4.66. The first-order valence-corrected chi connectivity index (χ1v) is 12.4. The van der Waals surface area contributed by atoms with Gasteiger partial charge in [-0.25, -0.2) is 4.79 Å². The predicted octanol–water partition coefficient (Wildman–Crippen LogP) is 6.01. The molecule has 194 valence electrons. The van der Waals surface area contributed by atoms with E-state index in [2.05, 4.69) is 0 Å². The molecule has 11 heteroatoms. The van der Waals surface area contributed by atoms with E-state index in [0.29, 0.717) is 5.56 Å². The number of ether oxygens (including phenoxy) is 1. The van der Waals surface area contributed by atoms with Crippen molar-refractivity contribution in [3.8, 4) is 11.1 Å². The maximum Gasteiger partial charge on any atom is 0.416 e. The molecule has 1 aromatic heterocycles. The highest BCUT2D eigenvalue weighted by Gasteiger charge is 2.40. The molecule has 1 aliphatic rings. The zero-order valence-corrected chi connectivity index (χ0v) is 20.6. The Morgan fingerprint density at radius 3 is 2.55 bits per heavy atom. The zero-order chi connectivity index (χ0) is 27.2. The second-order valence-electron chi connectivity index (χ2n) is 8.68. The number of methoxy groups -OCH3 is 1. The van der Waals surface area contributed by atoms with Gasteiger partial charge in [0.05, 0.1) is 28.2 Å². The molecule has 1 unspecified atom stereocenters. The number of halogens is 3. The van der Waals surface area contributed by atoms with Gasteiger partial charge in [-0.15, -0.1) is 11.8 Å². The van der Waals surface area contributed by atoms with Crippen LogP contribution in [0.25, 0.3) is 21.9 Å². The highest BCUT2D eigenvalue weighted by molar-refractivity contribution is 7.99. The summed E-state index contributed by atoms with van der Waals surface area (Å²) in [5.41, 5.74) is -1.91. The van der Waals surface area contributed by atoms with E-state index in [9.17, 15) is 32.9 Å². The molecule has 0 fully saturated rings. The number of pyridine rings is 1. The lowest BCUT2D eigenvalue weighted by atomic mass is 9.92. The van der Waals surface area contributed by atoms with Gasteiger partial charge in [0.2, 0.25) is 0 Å². The summed E-state index contributed by atoms with van der Waals surface area (Å²) in [5.74, 6) is -0.729. The standard InChI is InChI=1S/C27H19F3N2O5S/c1-37-26(34)21-14-38-25-22(17-9-5-10-18(12-17)27(28,29)30)20(23(32(35)36)24(33)31(21)25)13-16-8-4-7-15-6-2-3-11-19(15)16/h2-12,21H,13-14H2,1H3. The summed E-state index contributed by atoms with van der Waals surface area (Å²) in [6, 6.07) is 16.0. The van der Waals surface area contributed by atoms with Crippen molar-refractivity contribution >= 4 is 34.2 Å². The van der Waals surface area contributed by atoms with Crippen molar-refractivity contribution in [3.63, 3.8) is 0 Å². The van der Waals surface area contributed by atoms with Crippen LogP contribution in [0.3, 0.4) is 0 Å². The number of benzene rings is 3. The van der Waals surface area contributed by atoms with Gasteiger partial charge in [-0.2, -0.15) is 13.2 Å². The smallest absolute Gasteiger partial charge is 0.416 e. The second kappa shape index (κ2) is 9.64. The summed E-state index contributed by atoms with van der Waals surface area (Å²) < 4.78 is 46.7. The van der Waals surface area contributed by atoms with Crippen molar-refractivity contribution in [1.29, 1.82) is 0 Å². The van der Waals surface area contributed by atoms with Gasteiger partial charge in [-0.1, -0.05) is 54.6 Å². The minimum absolute atomic E-state index is 0.0139. The first-order chi connectivity index (χ1) is 18.1. The van der Waals surface area contributed by atoms with Crippen LogP contribution in [0.15, 0.2) is 76.6 Å². The summed E-state index contributed by atoms with van der Waals surface area (Å²) >= 11 is 1.08. The molecular formula is C27H19F3N2O5S. The van der Waals surface area contributed by atoms with Crippen LogP contribution < -0.4 is 5.56 Å². The van der Waals surface area contributed by atoms with Crippen molar-refractivity contribution in [2.45, 2.75) is 23.7 Å². The molecule has 0 saturated carbocycles. The van der Waals surface area contributed by atoms with E-state index in [1.807, 2.05) is 30.3 Å². The fourth-order valence-electron chi connectivity index (χ4n) is 4.82. The summed E-state index contributed by atoms with van der Waals surface area (Å²) in [4.78, 5) is 37.5. The molecule has 1 atom stereocenters. The van der Waals surface area contributed by atoms with Gasteiger partial charge in [-0.3, -0.25) is 19.5 Å². The molecule has 0 spiro atoms. The predicted molar refractivity (Wildman–Crippen MR) is 136 cm³/mol. The number of aromatic nitrogens is 1. The lowest BCUT2D eigenvalue weighted by Crippen LogP contribution is -2.32. The number of carbonyl (C=O) groups is 1. The second-order valence-corrected chi connectivity index (χ2v) is 9.69. The fraction of sp³-hybridized carbons (Fsp3) is 0.185. The SMILES string of the molecule is COC(=O)C1CSc2c(-c3cccc(C(F)(F)F)c3)c(Cc3cccc4ccccc34)c([N+](=O)[O-])c(=O)n21. The normalized spacial score (nSPS) is 14.9. The number of rotatable bonds is 5. The average Bonchev–Trinajstić information content (AvgIpc) is 3.33. The third-order valence-electron chi connectivity index (χ3n) is 6.51. The van der Waals surface area contributed by atoms with Crippen molar-refractivity contribution in [2.75, 3.05) is 12.9 Å². The molecule has 0 bridgehead atoms. The van der Waals surface area contributed by atoms with Crippen LogP contribution in [0.1, 0.15) is 22.7 Å². The molecule has 38 heavy (non-hydrogen) atoms. The number of nitro groups is 1. The van der Waals surface area contributed by atoms with Gasteiger partial charge in [0.1, 0.15) is 6.04 Å². The molecular weight excluding hydrogens is 521 g/mol. The molecule has 1 aliphatic heterocycles. The van der Waals surface area contributed by atoms with E-state index in [-0.39, 0.29) is 33.9 Å². The van der Waals surface area contributed by atoms with E-state index in [1.54, 1.807) is 12.1 Å². The Kier molecular flexibility index (Phi) is 6.47. The Morgan fingerprint density at radius 1 is 1.13 bits per heavy atom. The molecule has 5 rings (SSSR count). The summed E-state index contributed by atoms with van der Waals surface area (Å²) in [5, 5.41) is 14.2. The van der Waals surface area contributed by atoms with E-state index in [4.69, 9.17) is 4.74 Å². The Labute approximate surface area is 218 Å². The van der Waals surface area contributed by atoms with Crippen molar-refractivity contribution in [2.24, 2.45) is 0 Å². The molecule has 4 aromatic rings. The fourth-order valence-corrected chi connectivity index (χ4v) is 6.15. The minimum Gasteiger partial charge on any atom is -0.467 e. The van der Waals surface area contributed by atoms with Gasteiger partial charge < -0.3 is 4.74 Å². The van der Waals surface area contributed by atoms with Crippen molar-refractivity contribution < 1.29 is 27.6 Å². The van der Waals surface area contributed by atoms with Gasteiger partial charge >= 0.3 is 23.4 Å². The zero-order valence-electron chi connectivity index (χ0n) is 19.8. The molecule has 2 heterocycles. The number of carbonyl (C=O) groups excluding carboxylic acids is 1. The number of alkyl halides is 3. The first kappa shape index (κ1) is 25.5. The van der Waals surface area contributed by atoms with E-state index in [0.717, 1.165) is 46.3 Å². The topological polar surface area (TPSA) is 91.4 Å². The summed E-state index contributed by atoms with van der Waals surface area (Å²) in [7, 11) is 1.13. The first-order valence-electron chi connectivity index (χ1n) is 11.4. The van der Waals surface area contributed by atoms with Crippen molar-refractivity contribution in [1.82, 2.24) is 4.57 Å². The van der Waals surface area contributed by atoms with Gasteiger partial charge in [0.15, 0.2) is 0 Å². The molecule has 0 radical (unpaired) electrons. The summed E-state index contributed by atoms with van der Waals surface area (Å²) in [6.45, 7) is 0. The maximum atomic E-state index is 13.6. The Balaban J connectivity index is 1.86. The highest BCUT2D eigenvalue weighted by atomic mass is 32.2. The maximum absolute atomic E-state index is 13.6.